The number of hydrogen-bond donors (Lipinski definition) is 0. The molecule has 1 aromatic carbocycles. The third-order valence-corrected chi connectivity index (χ3v) is 4.23. The first-order valence-corrected chi connectivity index (χ1v) is 6.31. The van der Waals surface area contributed by atoms with Crippen LogP contribution < -0.4 is 4.74 Å². The van der Waals surface area contributed by atoms with Gasteiger partial charge in [-0.05, 0) is 35.5 Å². The zero-order valence-corrected chi connectivity index (χ0v) is 11.1. The largest absolute Gasteiger partial charge is 0.497 e. The van der Waals surface area contributed by atoms with E-state index in [1.54, 1.807) is 11.5 Å². The number of amides is 1. The van der Waals surface area contributed by atoms with Gasteiger partial charge in [0.25, 0.3) is 5.91 Å². The van der Waals surface area contributed by atoms with Gasteiger partial charge in [0.1, 0.15) is 5.75 Å². The van der Waals surface area contributed by atoms with Gasteiger partial charge in [0.05, 0.1) is 13.2 Å². The lowest BCUT2D eigenvalue weighted by molar-refractivity contribution is 0.0703. The molecule has 2 atom stereocenters. The summed E-state index contributed by atoms with van der Waals surface area (Å²) in [6, 6.07) is 5.81. The summed E-state index contributed by atoms with van der Waals surface area (Å²) in [6.07, 6.45) is 0. The molecule has 4 nitrogen and oxygen atoms in total. The van der Waals surface area contributed by atoms with Crippen molar-refractivity contribution in [2.45, 2.75) is 12.0 Å². The van der Waals surface area contributed by atoms with E-state index in [0.29, 0.717) is 6.54 Å². The lowest BCUT2D eigenvalue weighted by Crippen LogP contribution is -2.45. The van der Waals surface area contributed by atoms with E-state index in [9.17, 15) is 4.79 Å². The number of likely N-dealkylation sites (N-methyl/N-ethyl adjacent to an activating group) is 1. The van der Waals surface area contributed by atoms with E-state index in [-0.39, 0.29) is 17.9 Å². The predicted molar refractivity (Wildman–Crippen MR) is 69.0 cm³/mol. The van der Waals surface area contributed by atoms with Crippen LogP contribution >= 0.6 is 11.8 Å². The van der Waals surface area contributed by atoms with Crippen LogP contribution in [-0.4, -0.2) is 48.5 Å². The van der Waals surface area contributed by atoms with E-state index < -0.39 is 0 Å². The van der Waals surface area contributed by atoms with Crippen molar-refractivity contribution < 1.29 is 9.53 Å². The van der Waals surface area contributed by atoms with Crippen LogP contribution in [0.15, 0.2) is 18.2 Å². The SMILES string of the molecule is COc1ccc2c(c1)[C@H]1CN(Cl)C[C@@H]1N(C)C2=O. The summed E-state index contributed by atoms with van der Waals surface area (Å²) >= 11 is 6.10. The van der Waals surface area contributed by atoms with Gasteiger partial charge in [-0.1, -0.05) is 0 Å². The smallest absolute Gasteiger partial charge is 0.254 e. The number of benzene rings is 1. The van der Waals surface area contributed by atoms with Gasteiger partial charge >= 0.3 is 0 Å². The Balaban J connectivity index is 2.11. The first-order chi connectivity index (χ1) is 8.61. The second kappa shape index (κ2) is 4.14. The molecule has 0 saturated carbocycles. The highest BCUT2D eigenvalue weighted by Crippen LogP contribution is 2.39. The fourth-order valence-electron chi connectivity index (χ4n) is 2.95. The summed E-state index contributed by atoms with van der Waals surface area (Å²) in [5, 5.41) is 0. The Bertz CT molecular complexity index is 506. The van der Waals surface area contributed by atoms with Gasteiger partial charge in [-0.25, -0.2) is 4.42 Å². The first kappa shape index (κ1) is 11.8. The molecular formula is C13H15ClN2O2. The van der Waals surface area contributed by atoms with E-state index in [4.69, 9.17) is 16.5 Å². The third kappa shape index (κ3) is 1.60. The number of methoxy groups -OCH3 is 1. The number of rotatable bonds is 1. The lowest BCUT2D eigenvalue weighted by Gasteiger charge is -2.35. The third-order valence-electron chi connectivity index (χ3n) is 3.95. The topological polar surface area (TPSA) is 32.8 Å². The molecular weight excluding hydrogens is 252 g/mol. The van der Waals surface area contributed by atoms with Crippen LogP contribution in [0.3, 0.4) is 0 Å². The number of carbonyl (C=O) groups is 1. The minimum absolute atomic E-state index is 0.0702. The van der Waals surface area contributed by atoms with Crippen molar-refractivity contribution in [2.24, 2.45) is 0 Å². The fourth-order valence-corrected chi connectivity index (χ4v) is 3.24. The molecule has 0 spiro atoms. The summed E-state index contributed by atoms with van der Waals surface area (Å²) in [7, 11) is 3.49. The Morgan fingerprint density at radius 3 is 2.89 bits per heavy atom. The van der Waals surface area contributed by atoms with Crippen LogP contribution in [-0.2, 0) is 0 Å². The van der Waals surface area contributed by atoms with Crippen molar-refractivity contribution in [3.8, 4) is 5.75 Å². The zero-order valence-electron chi connectivity index (χ0n) is 10.4. The first-order valence-electron chi connectivity index (χ1n) is 5.97. The standard InChI is InChI=1S/C13H15ClN2O2/c1-15-12-7-16(14)6-11(12)10-5-8(18-2)3-4-9(10)13(15)17/h3-5,11-12H,6-7H2,1-2H3/t11-,12+/m1/s1. The van der Waals surface area contributed by atoms with Gasteiger partial charge in [0.2, 0.25) is 0 Å². The van der Waals surface area contributed by atoms with Crippen LogP contribution in [0.25, 0.3) is 0 Å². The molecule has 0 unspecified atom stereocenters. The summed E-state index contributed by atoms with van der Waals surface area (Å²) < 4.78 is 7.00. The van der Waals surface area contributed by atoms with Crippen molar-refractivity contribution in [1.29, 1.82) is 0 Å². The molecule has 0 aromatic heterocycles. The van der Waals surface area contributed by atoms with Crippen molar-refractivity contribution in [1.82, 2.24) is 9.32 Å². The molecule has 1 fully saturated rings. The molecule has 3 rings (SSSR count). The lowest BCUT2D eigenvalue weighted by atomic mass is 9.85. The van der Waals surface area contributed by atoms with Crippen molar-refractivity contribution in [3.05, 3.63) is 29.3 Å². The fraction of sp³-hybridized carbons (Fsp3) is 0.462. The number of fused-ring (bicyclic) bond motifs is 3. The second-order valence-corrected chi connectivity index (χ2v) is 5.35. The Morgan fingerprint density at radius 2 is 2.17 bits per heavy atom. The molecule has 1 aromatic rings. The maximum Gasteiger partial charge on any atom is 0.254 e. The molecule has 2 aliphatic heterocycles. The highest BCUT2D eigenvalue weighted by Gasteiger charge is 2.43. The van der Waals surface area contributed by atoms with Crippen molar-refractivity contribution >= 4 is 17.7 Å². The predicted octanol–water partition coefficient (Wildman–Crippen LogP) is 1.70. The average Bonchev–Trinajstić information content (AvgIpc) is 2.77. The number of hydrogen-bond acceptors (Lipinski definition) is 3. The number of halogens is 1. The zero-order chi connectivity index (χ0) is 12.9. The molecule has 0 aliphatic carbocycles. The van der Waals surface area contributed by atoms with Gasteiger partial charge < -0.3 is 9.64 Å². The second-order valence-electron chi connectivity index (χ2n) is 4.87. The molecule has 2 aliphatic rings. The Hall–Kier alpha value is -1.26. The molecule has 0 radical (unpaired) electrons. The van der Waals surface area contributed by atoms with Gasteiger partial charge in [-0.2, -0.15) is 0 Å². The molecule has 18 heavy (non-hydrogen) atoms. The van der Waals surface area contributed by atoms with E-state index in [2.05, 4.69) is 0 Å². The maximum absolute atomic E-state index is 12.3. The quantitative estimate of drug-likeness (QED) is 0.726. The minimum Gasteiger partial charge on any atom is -0.497 e. The molecule has 2 heterocycles. The van der Waals surface area contributed by atoms with Gasteiger partial charge in [-0.15, -0.1) is 0 Å². The minimum atomic E-state index is 0.0702. The normalized spacial score (nSPS) is 27.1. The molecule has 1 amide bonds. The van der Waals surface area contributed by atoms with Crippen molar-refractivity contribution in [2.75, 3.05) is 27.2 Å². The molecule has 1 saturated heterocycles. The monoisotopic (exact) mass is 266 g/mol. The van der Waals surface area contributed by atoms with Gasteiger partial charge in [0, 0.05) is 31.6 Å². The highest BCUT2D eigenvalue weighted by molar-refractivity contribution is 6.13. The van der Waals surface area contributed by atoms with Crippen LogP contribution in [0.1, 0.15) is 21.8 Å². The van der Waals surface area contributed by atoms with E-state index in [1.807, 2.05) is 30.1 Å². The van der Waals surface area contributed by atoms with Crippen LogP contribution in [0, 0.1) is 0 Å². The number of ether oxygens (including phenoxy) is 1. The van der Waals surface area contributed by atoms with Crippen LogP contribution in [0.2, 0.25) is 0 Å². The number of nitrogens with zero attached hydrogens (tertiary/aromatic N) is 2. The summed E-state index contributed by atoms with van der Waals surface area (Å²) in [5.41, 5.74) is 1.83. The molecule has 96 valence electrons. The van der Waals surface area contributed by atoms with E-state index in [1.165, 1.54) is 0 Å². The highest BCUT2D eigenvalue weighted by atomic mass is 35.5. The summed E-state index contributed by atoms with van der Waals surface area (Å²) in [6.45, 7) is 1.48. The molecule has 0 bridgehead atoms. The number of carbonyl (C=O) groups excluding carboxylic acids is 1. The average molecular weight is 267 g/mol. The van der Waals surface area contributed by atoms with Gasteiger partial charge in [-0.3, -0.25) is 4.79 Å². The summed E-state index contributed by atoms with van der Waals surface area (Å²) in [5.74, 6) is 1.13. The van der Waals surface area contributed by atoms with E-state index in [0.717, 1.165) is 23.4 Å². The Morgan fingerprint density at radius 1 is 1.39 bits per heavy atom. The molecule has 0 N–H and O–H groups in total. The van der Waals surface area contributed by atoms with Crippen LogP contribution in [0.4, 0.5) is 0 Å². The summed E-state index contributed by atoms with van der Waals surface area (Å²) in [4.78, 5) is 14.1. The van der Waals surface area contributed by atoms with Crippen LogP contribution in [0.5, 0.6) is 5.75 Å². The van der Waals surface area contributed by atoms with Gasteiger partial charge in [0.15, 0.2) is 0 Å². The van der Waals surface area contributed by atoms with Crippen molar-refractivity contribution in [3.63, 3.8) is 0 Å². The maximum atomic E-state index is 12.3. The Kier molecular flexibility index (Phi) is 2.72. The molecule has 5 heteroatoms. The van der Waals surface area contributed by atoms with E-state index >= 15 is 0 Å². The Labute approximate surface area is 111 Å².